The zero-order valence-electron chi connectivity index (χ0n) is 19.3. The fourth-order valence-corrected chi connectivity index (χ4v) is 3.79. The van der Waals surface area contributed by atoms with Crippen LogP contribution in [-0.4, -0.2) is 82.7 Å². The molecule has 0 amide bonds. The molecule has 0 spiro atoms. The Morgan fingerprint density at radius 3 is 2.78 bits per heavy atom. The number of nitrogens with zero attached hydrogens (tertiary/aromatic N) is 2. The zero-order chi connectivity index (χ0) is 22.0. The fraction of sp³-hybridized carbons (Fsp3) is 0.708. The first-order valence-corrected chi connectivity index (χ1v) is 12.1. The monoisotopic (exact) mass is 446 g/mol. The van der Waals surface area contributed by atoms with E-state index in [4.69, 9.17) is 23.9 Å². The number of hydrogen-bond donors (Lipinski definition) is 2. The van der Waals surface area contributed by atoms with Crippen LogP contribution in [-0.2, 0) is 9.47 Å². The van der Waals surface area contributed by atoms with Gasteiger partial charge in [-0.05, 0) is 44.2 Å². The van der Waals surface area contributed by atoms with Crippen molar-refractivity contribution < 1.29 is 18.9 Å². The maximum Gasteiger partial charge on any atom is 0.195 e. The number of aliphatic imine (C=N–C) groups is 1. The molecule has 1 saturated carbocycles. The normalized spacial score (nSPS) is 20.5. The van der Waals surface area contributed by atoms with Crippen LogP contribution in [0.2, 0.25) is 0 Å². The number of morpholine rings is 1. The lowest BCUT2D eigenvalue weighted by molar-refractivity contribution is 0.0220. The van der Waals surface area contributed by atoms with Crippen LogP contribution in [0, 0.1) is 5.92 Å². The van der Waals surface area contributed by atoms with Crippen LogP contribution in [0.15, 0.2) is 23.2 Å². The molecule has 8 nitrogen and oxygen atoms in total. The summed E-state index contributed by atoms with van der Waals surface area (Å²) in [5.41, 5.74) is 0.935. The SMILES string of the molecule is CC(CN=C(NCCCOCC1CC1)Nc1ccc2c(c1)OCCCO2)N1CCOCC1. The molecular formula is C24H38N4O4. The minimum absolute atomic E-state index is 0.364. The third-order valence-corrected chi connectivity index (χ3v) is 6.00. The Balaban J connectivity index is 1.32. The molecule has 0 radical (unpaired) electrons. The highest BCUT2D eigenvalue weighted by molar-refractivity contribution is 5.94. The highest BCUT2D eigenvalue weighted by atomic mass is 16.5. The molecule has 2 N–H and O–H groups in total. The lowest BCUT2D eigenvalue weighted by atomic mass is 10.2. The number of benzene rings is 1. The van der Waals surface area contributed by atoms with E-state index in [2.05, 4.69) is 22.5 Å². The maximum absolute atomic E-state index is 5.84. The van der Waals surface area contributed by atoms with Crippen LogP contribution < -0.4 is 20.1 Å². The van der Waals surface area contributed by atoms with E-state index in [1.807, 2.05) is 18.2 Å². The molecule has 2 aliphatic heterocycles. The van der Waals surface area contributed by atoms with Crippen LogP contribution in [0.1, 0.15) is 32.6 Å². The summed E-state index contributed by atoms with van der Waals surface area (Å²) in [5.74, 6) is 3.17. The largest absolute Gasteiger partial charge is 0.490 e. The van der Waals surface area contributed by atoms with Gasteiger partial charge in [0.1, 0.15) is 0 Å². The molecule has 3 aliphatic rings. The molecule has 1 aromatic rings. The molecular weight excluding hydrogens is 408 g/mol. The van der Waals surface area contributed by atoms with Gasteiger partial charge >= 0.3 is 0 Å². The molecule has 2 fully saturated rings. The molecule has 4 rings (SSSR count). The van der Waals surface area contributed by atoms with Gasteiger partial charge in [0.2, 0.25) is 0 Å². The van der Waals surface area contributed by atoms with Gasteiger partial charge in [0.25, 0.3) is 0 Å². The van der Waals surface area contributed by atoms with E-state index >= 15 is 0 Å². The fourth-order valence-electron chi connectivity index (χ4n) is 3.79. The van der Waals surface area contributed by atoms with E-state index in [1.165, 1.54) is 12.8 Å². The van der Waals surface area contributed by atoms with Crippen molar-refractivity contribution in [3.05, 3.63) is 18.2 Å². The minimum Gasteiger partial charge on any atom is -0.490 e. The third-order valence-electron chi connectivity index (χ3n) is 6.00. The predicted molar refractivity (Wildman–Crippen MR) is 126 cm³/mol. The molecule has 0 bridgehead atoms. The molecule has 32 heavy (non-hydrogen) atoms. The van der Waals surface area contributed by atoms with Gasteiger partial charge in [0.05, 0.1) is 33.0 Å². The quantitative estimate of drug-likeness (QED) is 0.325. The second kappa shape index (κ2) is 12.3. The average Bonchev–Trinajstić information content (AvgIpc) is 3.67. The lowest BCUT2D eigenvalue weighted by Gasteiger charge is -2.31. The van der Waals surface area contributed by atoms with Crippen LogP contribution in [0.4, 0.5) is 5.69 Å². The van der Waals surface area contributed by atoms with Gasteiger partial charge in [-0.15, -0.1) is 0 Å². The lowest BCUT2D eigenvalue weighted by Crippen LogP contribution is -2.44. The van der Waals surface area contributed by atoms with E-state index in [0.29, 0.717) is 19.3 Å². The Hall–Kier alpha value is -2.03. The standard InChI is InChI=1S/C24H38N4O4/c1-19(28-9-14-29-15-10-28)17-26-24(25-8-2-11-30-18-20-4-5-20)27-21-6-7-22-23(16-21)32-13-3-12-31-22/h6-7,16,19-20H,2-5,8-15,17-18H2,1H3,(H2,25,26,27). The van der Waals surface area contributed by atoms with Crippen LogP contribution in [0.5, 0.6) is 11.5 Å². The summed E-state index contributed by atoms with van der Waals surface area (Å²) in [5, 5.41) is 6.91. The van der Waals surface area contributed by atoms with Crippen molar-refractivity contribution in [3.8, 4) is 11.5 Å². The third kappa shape index (κ3) is 7.53. The van der Waals surface area contributed by atoms with Gasteiger partial charge in [0, 0.05) is 57.1 Å². The Morgan fingerprint density at radius 2 is 1.97 bits per heavy atom. The molecule has 178 valence electrons. The van der Waals surface area contributed by atoms with Crippen molar-refractivity contribution in [3.63, 3.8) is 0 Å². The van der Waals surface area contributed by atoms with E-state index in [1.54, 1.807) is 0 Å². The smallest absolute Gasteiger partial charge is 0.195 e. The second-order valence-electron chi connectivity index (χ2n) is 8.82. The molecule has 8 heteroatoms. The maximum atomic E-state index is 5.84. The van der Waals surface area contributed by atoms with E-state index in [0.717, 1.165) is 94.5 Å². The van der Waals surface area contributed by atoms with Crippen molar-refractivity contribution in [1.82, 2.24) is 10.2 Å². The first kappa shape index (κ1) is 23.1. The molecule has 1 saturated heterocycles. The Bertz CT molecular complexity index is 735. The molecule has 1 atom stereocenters. The van der Waals surface area contributed by atoms with Gasteiger partial charge in [0.15, 0.2) is 17.5 Å². The number of nitrogens with one attached hydrogen (secondary N) is 2. The van der Waals surface area contributed by atoms with Crippen LogP contribution in [0.3, 0.4) is 0 Å². The second-order valence-corrected chi connectivity index (χ2v) is 8.82. The van der Waals surface area contributed by atoms with E-state index in [-0.39, 0.29) is 0 Å². The summed E-state index contributed by atoms with van der Waals surface area (Å²) in [6.07, 6.45) is 4.51. The van der Waals surface area contributed by atoms with Gasteiger partial charge in [-0.2, -0.15) is 0 Å². The van der Waals surface area contributed by atoms with Crippen molar-refractivity contribution in [2.75, 3.05) is 71.1 Å². The highest BCUT2D eigenvalue weighted by Crippen LogP contribution is 2.32. The Morgan fingerprint density at radius 1 is 1.16 bits per heavy atom. The number of fused-ring (bicyclic) bond motifs is 1. The molecule has 1 unspecified atom stereocenters. The first-order chi connectivity index (χ1) is 15.8. The molecule has 2 heterocycles. The van der Waals surface area contributed by atoms with Crippen molar-refractivity contribution >= 4 is 11.6 Å². The number of ether oxygens (including phenoxy) is 4. The molecule has 1 aromatic carbocycles. The minimum atomic E-state index is 0.364. The van der Waals surface area contributed by atoms with Crippen molar-refractivity contribution in [2.24, 2.45) is 10.9 Å². The summed E-state index contributed by atoms with van der Waals surface area (Å²) in [4.78, 5) is 7.31. The van der Waals surface area contributed by atoms with Gasteiger partial charge in [-0.1, -0.05) is 0 Å². The van der Waals surface area contributed by atoms with Crippen molar-refractivity contribution in [1.29, 1.82) is 0 Å². The first-order valence-electron chi connectivity index (χ1n) is 12.1. The predicted octanol–water partition coefficient (Wildman–Crippen LogP) is 2.74. The van der Waals surface area contributed by atoms with Gasteiger partial charge in [-0.3, -0.25) is 9.89 Å². The summed E-state index contributed by atoms with van der Waals surface area (Å²) >= 11 is 0. The Kier molecular flexibility index (Phi) is 8.88. The van der Waals surface area contributed by atoms with Gasteiger partial charge in [-0.25, -0.2) is 0 Å². The summed E-state index contributed by atoms with van der Waals surface area (Å²) in [6, 6.07) is 6.32. The molecule has 0 aromatic heterocycles. The Labute approximate surface area is 191 Å². The zero-order valence-corrected chi connectivity index (χ0v) is 19.3. The number of hydrogen-bond acceptors (Lipinski definition) is 6. The van der Waals surface area contributed by atoms with Gasteiger partial charge < -0.3 is 29.6 Å². The topological polar surface area (TPSA) is 76.6 Å². The van der Waals surface area contributed by atoms with E-state index < -0.39 is 0 Å². The van der Waals surface area contributed by atoms with Crippen molar-refractivity contribution in [2.45, 2.75) is 38.6 Å². The highest BCUT2D eigenvalue weighted by Gasteiger charge is 2.21. The number of guanidine groups is 1. The number of anilines is 1. The van der Waals surface area contributed by atoms with Crippen LogP contribution >= 0.6 is 0 Å². The number of rotatable bonds is 10. The van der Waals surface area contributed by atoms with E-state index in [9.17, 15) is 0 Å². The molecule has 1 aliphatic carbocycles. The summed E-state index contributed by atoms with van der Waals surface area (Å²) in [7, 11) is 0. The van der Waals surface area contributed by atoms with Crippen LogP contribution in [0.25, 0.3) is 0 Å². The summed E-state index contributed by atoms with van der Waals surface area (Å²) < 4.78 is 22.8. The average molecular weight is 447 g/mol. The summed E-state index contributed by atoms with van der Waals surface area (Å²) in [6.45, 7) is 10.4.